The van der Waals surface area contributed by atoms with Gasteiger partial charge in [0.25, 0.3) is 5.91 Å². The van der Waals surface area contributed by atoms with E-state index < -0.39 is 0 Å². The first-order chi connectivity index (χ1) is 10.2. The Morgan fingerprint density at radius 2 is 1.81 bits per heavy atom. The summed E-state index contributed by atoms with van der Waals surface area (Å²) >= 11 is 0. The lowest BCUT2D eigenvalue weighted by Gasteiger charge is -2.22. The number of hydrogen-bond donors (Lipinski definition) is 1. The average molecular weight is 295 g/mol. The molecule has 0 unspecified atom stereocenters. The van der Waals surface area contributed by atoms with Crippen LogP contribution in [0, 0.1) is 0 Å². The monoisotopic (exact) mass is 295 g/mol. The van der Waals surface area contributed by atoms with Crippen LogP contribution in [0.5, 0.6) is 0 Å². The van der Waals surface area contributed by atoms with Crippen LogP contribution >= 0.6 is 0 Å². The smallest absolute Gasteiger partial charge is 0.272 e. The van der Waals surface area contributed by atoms with Crippen molar-refractivity contribution in [2.24, 2.45) is 0 Å². The molecule has 0 saturated carbocycles. The molecule has 1 aromatic heterocycles. The zero-order valence-corrected chi connectivity index (χ0v) is 13.1. The second-order valence-corrected chi connectivity index (χ2v) is 4.34. The van der Waals surface area contributed by atoms with Crippen molar-refractivity contribution in [3.05, 3.63) is 23.9 Å². The summed E-state index contributed by atoms with van der Waals surface area (Å²) in [7, 11) is 1.78. The normalized spacial score (nSPS) is 10.4. The third-order valence-electron chi connectivity index (χ3n) is 2.93. The lowest BCUT2D eigenvalue weighted by molar-refractivity contribution is 0.0545. The number of anilines is 1. The third kappa shape index (κ3) is 6.10. The summed E-state index contributed by atoms with van der Waals surface area (Å²) in [5.41, 5.74) is 0.426. The van der Waals surface area contributed by atoms with Crippen molar-refractivity contribution in [2.45, 2.75) is 13.8 Å². The number of aromatic nitrogens is 1. The predicted molar refractivity (Wildman–Crippen MR) is 82.7 cm³/mol. The summed E-state index contributed by atoms with van der Waals surface area (Å²) < 4.78 is 10.7. The molecule has 1 amide bonds. The maximum absolute atomic E-state index is 12.5. The van der Waals surface area contributed by atoms with Gasteiger partial charge in [0.15, 0.2) is 0 Å². The molecular weight excluding hydrogens is 270 g/mol. The summed E-state index contributed by atoms with van der Waals surface area (Å²) in [4.78, 5) is 18.5. The lowest BCUT2D eigenvalue weighted by Crippen LogP contribution is -2.37. The molecule has 1 N–H and O–H groups in total. The number of rotatable bonds is 10. The fourth-order valence-electron chi connectivity index (χ4n) is 1.81. The maximum Gasteiger partial charge on any atom is 0.272 e. The van der Waals surface area contributed by atoms with Gasteiger partial charge in [-0.25, -0.2) is 4.98 Å². The highest BCUT2D eigenvalue weighted by atomic mass is 16.5. The number of pyridine rings is 1. The summed E-state index contributed by atoms with van der Waals surface area (Å²) in [6, 6.07) is 5.36. The van der Waals surface area contributed by atoms with Crippen molar-refractivity contribution in [3.63, 3.8) is 0 Å². The number of amides is 1. The van der Waals surface area contributed by atoms with Crippen LogP contribution < -0.4 is 5.32 Å². The first-order valence-electron chi connectivity index (χ1n) is 7.32. The van der Waals surface area contributed by atoms with E-state index in [2.05, 4.69) is 10.3 Å². The van der Waals surface area contributed by atoms with Gasteiger partial charge in [0, 0.05) is 33.4 Å². The maximum atomic E-state index is 12.5. The van der Waals surface area contributed by atoms with E-state index in [0.29, 0.717) is 51.0 Å². The molecule has 6 heteroatoms. The van der Waals surface area contributed by atoms with Crippen LogP contribution in [0.4, 0.5) is 5.82 Å². The van der Waals surface area contributed by atoms with Crippen LogP contribution in [0.1, 0.15) is 24.3 Å². The van der Waals surface area contributed by atoms with Gasteiger partial charge in [-0.15, -0.1) is 0 Å². The number of carbonyl (C=O) groups is 1. The largest absolute Gasteiger partial charge is 0.380 e. The molecule has 21 heavy (non-hydrogen) atoms. The SMILES string of the molecule is CCOCCN(CCOCC)C(=O)c1cccc(NC)n1. The minimum absolute atomic E-state index is 0.105. The van der Waals surface area contributed by atoms with E-state index in [4.69, 9.17) is 9.47 Å². The van der Waals surface area contributed by atoms with Crippen LogP contribution in [0.2, 0.25) is 0 Å². The minimum Gasteiger partial charge on any atom is -0.380 e. The first-order valence-corrected chi connectivity index (χ1v) is 7.32. The van der Waals surface area contributed by atoms with E-state index in [-0.39, 0.29) is 5.91 Å². The molecule has 0 aromatic carbocycles. The minimum atomic E-state index is -0.105. The van der Waals surface area contributed by atoms with Crippen LogP contribution in [0.15, 0.2) is 18.2 Å². The highest BCUT2D eigenvalue weighted by Crippen LogP contribution is 2.07. The Labute approximate surface area is 126 Å². The molecule has 1 heterocycles. The molecule has 0 radical (unpaired) electrons. The predicted octanol–water partition coefficient (Wildman–Crippen LogP) is 1.64. The van der Waals surface area contributed by atoms with E-state index in [0.717, 1.165) is 0 Å². The zero-order valence-electron chi connectivity index (χ0n) is 13.1. The summed E-state index contributed by atoms with van der Waals surface area (Å²) in [5, 5.41) is 2.93. The van der Waals surface area contributed by atoms with Crippen LogP contribution in [-0.2, 0) is 9.47 Å². The van der Waals surface area contributed by atoms with E-state index in [1.807, 2.05) is 26.0 Å². The van der Waals surface area contributed by atoms with Gasteiger partial charge in [0.2, 0.25) is 0 Å². The Hall–Kier alpha value is -1.66. The average Bonchev–Trinajstić information content (AvgIpc) is 2.53. The van der Waals surface area contributed by atoms with Crippen molar-refractivity contribution in [3.8, 4) is 0 Å². The molecule has 0 fully saturated rings. The van der Waals surface area contributed by atoms with Gasteiger partial charge in [-0.05, 0) is 26.0 Å². The van der Waals surface area contributed by atoms with E-state index in [1.54, 1.807) is 18.0 Å². The molecule has 0 atom stereocenters. The van der Waals surface area contributed by atoms with Gasteiger partial charge in [0.05, 0.1) is 13.2 Å². The molecule has 1 aromatic rings. The number of hydrogen-bond acceptors (Lipinski definition) is 5. The number of ether oxygens (including phenoxy) is 2. The van der Waals surface area contributed by atoms with Crippen molar-refractivity contribution < 1.29 is 14.3 Å². The Morgan fingerprint density at radius 1 is 1.19 bits per heavy atom. The molecule has 0 aliphatic rings. The zero-order chi connectivity index (χ0) is 15.5. The Kier molecular flexibility index (Phi) is 8.38. The number of carbonyl (C=O) groups excluding carboxylic acids is 1. The topological polar surface area (TPSA) is 63.7 Å². The fraction of sp³-hybridized carbons (Fsp3) is 0.600. The summed E-state index contributed by atoms with van der Waals surface area (Å²) in [6.07, 6.45) is 0. The molecule has 0 spiro atoms. The van der Waals surface area contributed by atoms with Gasteiger partial charge in [-0.2, -0.15) is 0 Å². The molecule has 1 rings (SSSR count). The highest BCUT2D eigenvalue weighted by Gasteiger charge is 2.17. The molecule has 0 aliphatic carbocycles. The van der Waals surface area contributed by atoms with Crippen LogP contribution in [0.3, 0.4) is 0 Å². The molecule has 0 aliphatic heterocycles. The first kappa shape index (κ1) is 17.4. The second-order valence-electron chi connectivity index (χ2n) is 4.34. The van der Waals surface area contributed by atoms with Gasteiger partial charge < -0.3 is 19.7 Å². The molecule has 6 nitrogen and oxygen atoms in total. The van der Waals surface area contributed by atoms with Gasteiger partial charge >= 0.3 is 0 Å². The summed E-state index contributed by atoms with van der Waals surface area (Å²) in [6.45, 7) is 7.24. The van der Waals surface area contributed by atoms with Gasteiger partial charge in [0.1, 0.15) is 11.5 Å². The number of nitrogens with zero attached hydrogens (tertiary/aromatic N) is 2. The van der Waals surface area contributed by atoms with Crippen molar-refractivity contribution in [1.29, 1.82) is 0 Å². The fourth-order valence-corrected chi connectivity index (χ4v) is 1.81. The van der Waals surface area contributed by atoms with Crippen molar-refractivity contribution in [1.82, 2.24) is 9.88 Å². The van der Waals surface area contributed by atoms with Gasteiger partial charge in [-0.1, -0.05) is 6.07 Å². The standard InChI is InChI=1S/C15H25N3O3/c1-4-20-11-9-18(10-12-21-5-2)15(19)13-7-6-8-14(16-3)17-13/h6-8H,4-5,9-12H2,1-3H3,(H,16,17). The number of nitrogens with one attached hydrogen (secondary N) is 1. The Balaban J connectivity index is 2.71. The molecule has 0 bridgehead atoms. The Bertz CT molecular complexity index is 416. The van der Waals surface area contributed by atoms with E-state index in [9.17, 15) is 4.79 Å². The van der Waals surface area contributed by atoms with E-state index >= 15 is 0 Å². The van der Waals surface area contributed by atoms with Crippen molar-refractivity contribution in [2.75, 3.05) is 51.9 Å². The summed E-state index contributed by atoms with van der Waals surface area (Å²) in [5.74, 6) is 0.571. The lowest BCUT2D eigenvalue weighted by atomic mass is 10.3. The quantitative estimate of drug-likeness (QED) is 0.665. The molecular formula is C15H25N3O3. The molecule has 118 valence electrons. The van der Waals surface area contributed by atoms with Gasteiger partial charge in [-0.3, -0.25) is 4.79 Å². The molecule has 0 saturated heterocycles. The van der Waals surface area contributed by atoms with Crippen LogP contribution in [-0.4, -0.2) is 62.4 Å². The Morgan fingerprint density at radius 3 is 2.33 bits per heavy atom. The highest BCUT2D eigenvalue weighted by molar-refractivity contribution is 5.92. The van der Waals surface area contributed by atoms with Crippen molar-refractivity contribution >= 4 is 11.7 Å². The van der Waals surface area contributed by atoms with E-state index in [1.165, 1.54) is 0 Å². The van der Waals surface area contributed by atoms with Crippen LogP contribution in [0.25, 0.3) is 0 Å². The second kappa shape index (κ2) is 10.1. The third-order valence-corrected chi connectivity index (χ3v) is 2.93.